The molecular formula is C25H29N3O3. The van der Waals surface area contributed by atoms with Gasteiger partial charge in [-0.15, -0.1) is 0 Å². The standard InChI is InChI=1S/C25H29N3O3/c1-25(21-10-9-17-7-4-8-19(17)13-21)23(30)28(24(31)26-25)16-22(29)15-27-12-11-18-5-2-3-6-20(18)14-27/h2-3,5-6,9-10,13,22,29H,4,7-8,11-12,14-16H2,1H3,(H,26,31). The number of β-amino-alcohol motifs (C(OH)–C–C–N with tert-alkyl or cyclic N) is 1. The zero-order chi connectivity index (χ0) is 21.6. The van der Waals surface area contributed by atoms with E-state index in [1.165, 1.54) is 27.2 Å². The van der Waals surface area contributed by atoms with Gasteiger partial charge in [-0.05, 0) is 60.4 Å². The number of nitrogens with one attached hydrogen (secondary N) is 1. The summed E-state index contributed by atoms with van der Waals surface area (Å²) >= 11 is 0. The maximum absolute atomic E-state index is 13.2. The van der Waals surface area contributed by atoms with Gasteiger partial charge in [-0.1, -0.05) is 42.5 Å². The molecule has 0 bridgehead atoms. The quantitative estimate of drug-likeness (QED) is 0.730. The molecule has 2 unspecified atom stereocenters. The van der Waals surface area contributed by atoms with Crippen molar-refractivity contribution < 1.29 is 14.7 Å². The number of aliphatic hydroxyl groups excluding tert-OH is 1. The minimum absolute atomic E-state index is 0.00332. The first-order chi connectivity index (χ1) is 14.9. The molecule has 0 saturated carbocycles. The molecule has 0 radical (unpaired) electrons. The third-order valence-electron chi connectivity index (χ3n) is 7.02. The van der Waals surface area contributed by atoms with Crippen LogP contribution in [-0.4, -0.2) is 52.6 Å². The van der Waals surface area contributed by atoms with Crippen LogP contribution in [0.25, 0.3) is 0 Å². The zero-order valence-corrected chi connectivity index (χ0v) is 17.9. The summed E-state index contributed by atoms with van der Waals surface area (Å²) in [7, 11) is 0. The average Bonchev–Trinajstić information content (AvgIpc) is 3.32. The largest absolute Gasteiger partial charge is 0.390 e. The molecule has 6 nitrogen and oxygen atoms in total. The fraction of sp³-hybridized carbons (Fsp3) is 0.440. The van der Waals surface area contributed by atoms with E-state index in [1.54, 1.807) is 6.92 Å². The lowest BCUT2D eigenvalue weighted by Crippen LogP contribution is -2.45. The van der Waals surface area contributed by atoms with Gasteiger partial charge in [-0.25, -0.2) is 4.79 Å². The second-order valence-corrected chi connectivity index (χ2v) is 9.22. The van der Waals surface area contributed by atoms with Crippen molar-refractivity contribution in [2.45, 2.75) is 50.8 Å². The van der Waals surface area contributed by atoms with Crippen LogP contribution < -0.4 is 5.32 Å². The number of nitrogens with zero attached hydrogens (tertiary/aromatic N) is 2. The number of aliphatic hydroxyl groups is 1. The average molecular weight is 420 g/mol. The van der Waals surface area contributed by atoms with E-state index in [-0.39, 0.29) is 12.5 Å². The van der Waals surface area contributed by atoms with Crippen LogP contribution in [0.1, 0.15) is 41.2 Å². The Morgan fingerprint density at radius 1 is 1.00 bits per heavy atom. The third-order valence-corrected chi connectivity index (χ3v) is 7.02. The first-order valence-electron chi connectivity index (χ1n) is 11.2. The highest BCUT2D eigenvalue weighted by Crippen LogP contribution is 2.32. The maximum atomic E-state index is 13.2. The zero-order valence-electron chi connectivity index (χ0n) is 17.9. The van der Waals surface area contributed by atoms with Crippen molar-refractivity contribution in [3.63, 3.8) is 0 Å². The molecule has 2 aromatic rings. The molecule has 0 aromatic heterocycles. The monoisotopic (exact) mass is 419 g/mol. The molecule has 2 aromatic carbocycles. The number of amides is 3. The number of hydrogen-bond donors (Lipinski definition) is 2. The Balaban J connectivity index is 1.26. The predicted octanol–water partition coefficient (Wildman–Crippen LogP) is 2.36. The molecule has 2 heterocycles. The summed E-state index contributed by atoms with van der Waals surface area (Å²) in [5, 5.41) is 13.6. The molecule has 2 N–H and O–H groups in total. The summed E-state index contributed by atoms with van der Waals surface area (Å²) in [6.07, 6.45) is 3.38. The van der Waals surface area contributed by atoms with Crippen LogP contribution in [0.3, 0.4) is 0 Å². The third kappa shape index (κ3) is 3.64. The number of fused-ring (bicyclic) bond motifs is 2. The number of benzene rings is 2. The summed E-state index contributed by atoms with van der Waals surface area (Å²) in [4.78, 5) is 29.3. The highest BCUT2D eigenvalue weighted by Gasteiger charge is 2.49. The Hall–Kier alpha value is -2.70. The highest BCUT2D eigenvalue weighted by molar-refractivity contribution is 6.07. The van der Waals surface area contributed by atoms with E-state index in [4.69, 9.17) is 0 Å². The van der Waals surface area contributed by atoms with Crippen LogP contribution in [0.5, 0.6) is 0 Å². The van der Waals surface area contributed by atoms with Crippen LogP contribution in [-0.2, 0) is 36.1 Å². The first kappa shape index (κ1) is 20.2. The fourth-order valence-corrected chi connectivity index (χ4v) is 5.22. The van der Waals surface area contributed by atoms with Crippen molar-refractivity contribution in [3.05, 3.63) is 70.3 Å². The SMILES string of the molecule is CC1(c2ccc3c(c2)CCC3)NC(=O)N(CC(O)CN2CCc3ccccc3C2)C1=O. The second kappa shape index (κ2) is 7.77. The van der Waals surface area contributed by atoms with Crippen molar-refractivity contribution in [2.75, 3.05) is 19.6 Å². The van der Waals surface area contributed by atoms with E-state index in [9.17, 15) is 14.7 Å². The molecule has 162 valence electrons. The lowest BCUT2D eigenvalue weighted by Gasteiger charge is -2.31. The van der Waals surface area contributed by atoms with E-state index >= 15 is 0 Å². The maximum Gasteiger partial charge on any atom is 0.325 e. The minimum Gasteiger partial charge on any atom is -0.390 e. The minimum atomic E-state index is -1.08. The van der Waals surface area contributed by atoms with Crippen LogP contribution >= 0.6 is 0 Å². The molecule has 3 aliphatic rings. The van der Waals surface area contributed by atoms with Crippen molar-refractivity contribution in [2.24, 2.45) is 0 Å². The summed E-state index contributed by atoms with van der Waals surface area (Å²) in [5.74, 6) is -0.293. The summed E-state index contributed by atoms with van der Waals surface area (Å²) in [6.45, 7) is 3.84. The Morgan fingerprint density at radius 3 is 2.58 bits per heavy atom. The van der Waals surface area contributed by atoms with Gasteiger partial charge in [0.2, 0.25) is 0 Å². The van der Waals surface area contributed by atoms with Gasteiger partial charge in [-0.2, -0.15) is 0 Å². The van der Waals surface area contributed by atoms with E-state index in [0.29, 0.717) is 6.54 Å². The molecule has 1 fully saturated rings. The number of hydrogen-bond acceptors (Lipinski definition) is 4. The molecule has 2 aliphatic heterocycles. The molecule has 6 heteroatoms. The van der Waals surface area contributed by atoms with Crippen LogP contribution in [0, 0.1) is 0 Å². The van der Waals surface area contributed by atoms with Crippen LogP contribution in [0.2, 0.25) is 0 Å². The molecule has 1 aliphatic carbocycles. The van der Waals surface area contributed by atoms with Gasteiger partial charge < -0.3 is 10.4 Å². The van der Waals surface area contributed by atoms with Gasteiger partial charge >= 0.3 is 6.03 Å². The van der Waals surface area contributed by atoms with E-state index in [2.05, 4.69) is 40.5 Å². The van der Waals surface area contributed by atoms with Gasteiger partial charge in [-0.3, -0.25) is 14.6 Å². The van der Waals surface area contributed by atoms with Crippen LogP contribution in [0.4, 0.5) is 4.79 Å². The molecule has 5 rings (SSSR count). The van der Waals surface area contributed by atoms with Gasteiger partial charge in [0, 0.05) is 19.6 Å². The summed E-state index contributed by atoms with van der Waals surface area (Å²) in [6, 6.07) is 14.0. The summed E-state index contributed by atoms with van der Waals surface area (Å²) in [5.41, 5.74) is 4.96. The van der Waals surface area contributed by atoms with Crippen molar-refractivity contribution >= 4 is 11.9 Å². The fourth-order valence-electron chi connectivity index (χ4n) is 5.22. The summed E-state index contributed by atoms with van der Waals surface area (Å²) < 4.78 is 0. The van der Waals surface area contributed by atoms with E-state index in [1.807, 2.05) is 12.1 Å². The number of rotatable bonds is 5. The van der Waals surface area contributed by atoms with Crippen molar-refractivity contribution in [3.8, 4) is 0 Å². The normalized spacial score (nSPS) is 24.1. The van der Waals surface area contributed by atoms with E-state index < -0.39 is 17.7 Å². The van der Waals surface area contributed by atoms with Crippen LogP contribution in [0.15, 0.2) is 42.5 Å². The molecule has 3 amide bonds. The van der Waals surface area contributed by atoms with Gasteiger partial charge in [0.25, 0.3) is 5.91 Å². The van der Waals surface area contributed by atoms with E-state index in [0.717, 1.165) is 44.3 Å². The Kier molecular flexibility index (Phi) is 5.07. The molecule has 2 atom stereocenters. The molecule has 0 spiro atoms. The Morgan fingerprint density at radius 2 is 1.74 bits per heavy atom. The lowest BCUT2D eigenvalue weighted by molar-refractivity contribution is -0.132. The molecular weight excluding hydrogens is 390 g/mol. The van der Waals surface area contributed by atoms with Crippen molar-refractivity contribution in [1.82, 2.24) is 15.1 Å². The first-order valence-corrected chi connectivity index (χ1v) is 11.2. The number of urea groups is 1. The number of carbonyl (C=O) groups excluding carboxylic acids is 2. The topological polar surface area (TPSA) is 72.9 Å². The Labute approximate surface area is 182 Å². The number of aryl methyl sites for hydroxylation is 2. The number of carbonyl (C=O) groups is 2. The smallest absolute Gasteiger partial charge is 0.325 e. The van der Waals surface area contributed by atoms with Crippen molar-refractivity contribution in [1.29, 1.82) is 0 Å². The molecule has 1 saturated heterocycles. The van der Waals surface area contributed by atoms with Gasteiger partial charge in [0.1, 0.15) is 5.54 Å². The van der Waals surface area contributed by atoms with Gasteiger partial charge in [0.05, 0.1) is 12.6 Å². The second-order valence-electron chi connectivity index (χ2n) is 9.22. The van der Waals surface area contributed by atoms with Gasteiger partial charge in [0.15, 0.2) is 0 Å². The highest BCUT2D eigenvalue weighted by atomic mass is 16.3. The predicted molar refractivity (Wildman–Crippen MR) is 117 cm³/mol. The Bertz CT molecular complexity index is 1040. The molecule has 31 heavy (non-hydrogen) atoms. The lowest BCUT2D eigenvalue weighted by atomic mass is 9.89. The number of imide groups is 1.